The molecule has 0 saturated heterocycles. The van der Waals surface area contributed by atoms with Crippen molar-refractivity contribution in [2.45, 2.75) is 153 Å². The van der Waals surface area contributed by atoms with Gasteiger partial charge < -0.3 is 14.2 Å². The number of rotatable bonds is 16. The third-order valence-electron chi connectivity index (χ3n) is 6.92. The first-order valence-corrected chi connectivity index (χ1v) is 15.7. The minimum absolute atomic E-state index is 0.140. The van der Waals surface area contributed by atoms with Crippen molar-refractivity contribution in [2.24, 2.45) is 29.6 Å². The molecule has 41 heavy (non-hydrogen) atoms. The Labute approximate surface area is 252 Å². The standard InChI is InChI=1S/C35H62O6/c1-15-23(3)17-24(4)18-25(5)19-26(6)20-27(7)21-29(32(37)40-34(9,10)11)22-28(8)31(36)39-30(16-2)33(38)41-35(12,13)14/h20-21,23-26,28,30H,15-19,22H2,1-14H3. The zero-order chi connectivity index (χ0) is 32.1. The van der Waals surface area contributed by atoms with Crippen molar-refractivity contribution in [3.8, 4) is 0 Å². The Hall–Kier alpha value is -2.11. The molecule has 0 spiro atoms. The Morgan fingerprint density at radius 2 is 1.22 bits per heavy atom. The summed E-state index contributed by atoms with van der Waals surface area (Å²) in [6.45, 7) is 27.7. The molecule has 0 heterocycles. The summed E-state index contributed by atoms with van der Waals surface area (Å²) in [6.07, 6.45) is 8.25. The lowest BCUT2D eigenvalue weighted by molar-refractivity contribution is -0.177. The number of allylic oxidation sites excluding steroid dienone is 3. The van der Waals surface area contributed by atoms with Gasteiger partial charge in [-0.05, 0) is 110 Å². The van der Waals surface area contributed by atoms with E-state index >= 15 is 0 Å². The van der Waals surface area contributed by atoms with E-state index in [1.54, 1.807) is 34.6 Å². The molecular weight excluding hydrogens is 516 g/mol. The second kappa shape index (κ2) is 17.8. The third kappa shape index (κ3) is 18.1. The van der Waals surface area contributed by atoms with Gasteiger partial charge in [-0.3, -0.25) is 4.79 Å². The number of esters is 3. The van der Waals surface area contributed by atoms with Gasteiger partial charge in [0.2, 0.25) is 0 Å². The van der Waals surface area contributed by atoms with Crippen molar-refractivity contribution < 1.29 is 28.6 Å². The van der Waals surface area contributed by atoms with E-state index in [1.807, 2.05) is 33.8 Å². The van der Waals surface area contributed by atoms with E-state index in [-0.39, 0.29) is 6.42 Å². The van der Waals surface area contributed by atoms with Gasteiger partial charge >= 0.3 is 17.9 Å². The van der Waals surface area contributed by atoms with E-state index in [9.17, 15) is 14.4 Å². The summed E-state index contributed by atoms with van der Waals surface area (Å²) in [5.74, 6) is 0.198. The van der Waals surface area contributed by atoms with Crippen LogP contribution in [0.1, 0.15) is 135 Å². The Kier molecular flexibility index (Phi) is 16.8. The van der Waals surface area contributed by atoms with Crippen LogP contribution in [-0.4, -0.2) is 35.2 Å². The number of carbonyl (C=O) groups excluding carboxylic acids is 3. The van der Waals surface area contributed by atoms with Crippen LogP contribution in [0.3, 0.4) is 0 Å². The van der Waals surface area contributed by atoms with Gasteiger partial charge in [0.05, 0.1) is 5.92 Å². The largest absolute Gasteiger partial charge is 0.457 e. The third-order valence-corrected chi connectivity index (χ3v) is 6.92. The van der Waals surface area contributed by atoms with Crippen LogP contribution in [0.15, 0.2) is 23.3 Å². The topological polar surface area (TPSA) is 78.9 Å². The van der Waals surface area contributed by atoms with E-state index < -0.39 is 41.1 Å². The Morgan fingerprint density at radius 1 is 0.707 bits per heavy atom. The van der Waals surface area contributed by atoms with Crippen LogP contribution in [0.5, 0.6) is 0 Å². The molecule has 0 aliphatic carbocycles. The van der Waals surface area contributed by atoms with Crippen molar-refractivity contribution in [1.82, 2.24) is 0 Å². The summed E-state index contributed by atoms with van der Waals surface area (Å²) >= 11 is 0. The molecule has 6 unspecified atom stereocenters. The molecule has 6 nitrogen and oxygen atoms in total. The maximum atomic E-state index is 13.1. The molecule has 0 aromatic heterocycles. The Morgan fingerprint density at radius 3 is 1.71 bits per heavy atom. The Bertz CT molecular complexity index is 885. The second-order valence-corrected chi connectivity index (χ2v) is 14.5. The molecule has 0 radical (unpaired) electrons. The minimum atomic E-state index is -0.990. The fourth-order valence-electron chi connectivity index (χ4n) is 5.09. The fraction of sp³-hybridized carbons (Fsp3) is 0.800. The summed E-state index contributed by atoms with van der Waals surface area (Å²) in [6, 6.07) is 0. The maximum Gasteiger partial charge on any atom is 0.347 e. The SMILES string of the molecule is CCC(C)CC(C)CC(C)CC(C)C=C(C)C=C(CC(C)C(=O)OC(CC)C(=O)OC(C)(C)C)C(=O)OC(C)(C)C. The molecule has 0 bridgehead atoms. The molecule has 0 fully saturated rings. The van der Waals surface area contributed by atoms with Crippen LogP contribution in [0.4, 0.5) is 0 Å². The van der Waals surface area contributed by atoms with Crippen molar-refractivity contribution in [3.05, 3.63) is 23.3 Å². The molecule has 0 aromatic rings. The second-order valence-electron chi connectivity index (χ2n) is 14.5. The quantitative estimate of drug-likeness (QED) is 0.0787. The van der Waals surface area contributed by atoms with Crippen molar-refractivity contribution in [1.29, 1.82) is 0 Å². The highest BCUT2D eigenvalue weighted by Crippen LogP contribution is 2.27. The number of hydrogen-bond acceptors (Lipinski definition) is 6. The summed E-state index contributed by atoms with van der Waals surface area (Å²) in [5, 5.41) is 0. The number of hydrogen-bond donors (Lipinski definition) is 0. The molecule has 0 rings (SSSR count). The van der Waals surface area contributed by atoms with Crippen LogP contribution in [0.25, 0.3) is 0 Å². The highest BCUT2D eigenvalue weighted by Gasteiger charge is 2.30. The van der Waals surface area contributed by atoms with Gasteiger partial charge in [0.15, 0.2) is 6.10 Å². The molecule has 6 atom stereocenters. The number of carbonyl (C=O) groups is 3. The molecule has 6 heteroatoms. The lowest BCUT2D eigenvalue weighted by Crippen LogP contribution is -2.35. The van der Waals surface area contributed by atoms with Gasteiger partial charge in [-0.15, -0.1) is 0 Å². The van der Waals surface area contributed by atoms with Gasteiger partial charge in [0.1, 0.15) is 11.2 Å². The summed E-state index contributed by atoms with van der Waals surface area (Å²) in [5.41, 5.74) is 0.0145. The first-order chi connectivity index (χ1) is 18.7. The minimum Gasteiger partial charge on any atom is -0.457 e. The molecule has 238 valence electrons. The molecule has 0 saturated carbocycles. The normalized spacial score (nSPS) is 17.6. The van der Waals surface area contributed by atoms with Crippen LogP contribution in [0.2, 0.25) is 0 Å². The van der Waals surface area contributed by atoms with Crippen molar-refractivity contribution in [3.63, 3.8) is 0 Å². The molecule has 0 amide bonds. The number of ether oxygens (including phenoxy) is 3. The monoisotopic (exact) mass is 578 g/mol. The first kappa shape index (κ1) is 38.9. The molecular formula is C35H62O6. The molecule has 0 aliphatic rings. The van der Waals surface area contributed by atoms with Gasteiger partial charge in [-0.25, -0.2) is 9.59 Å². The molecule has 0 N–H and O–H groups in total. The summed E-state index contributed by atoms with van der Waals surface area (Å²) in [7, 11) is 0. The van der Waals surface area contributed by atoms with Crippen LogP contribution in [-0.2, 0) is 28.6 Å². The lowest BCUT2D eigenvalue weighted by Gasteiger charge is -2.25. The van der Waals surface area contributed by atoms with E-state index in [0.29, 0.717) is 29.7 Å². The van der Waals surface area contributed by atoms with Crippen molar-refractivity contribution >= 4 is 17.9 Å². The van der Waals surface area contributed by atoms with Crippen molar-refractivity contribution in [2.75, 3.05) is 0 Å². The molecule has 0 aliphatic heterocycles. The predicted octanol–water partition coefficient (Wildman–Crippen LogP) is 9.02. The molecule has 0 aromatic carbocycles. The maximum absolute atomic E-state index is 13.1. The van der Waals surface area contributed by atoms with Crippen LogP contribution >= 0.6 is 0 Å². The zero-order valence-electron chi connectivity index (χ0n) is 28.8. The van der Waals surface area contributed by atoms with Gasteiger partial charge in [0.25, 0.3) is 0 Å². The van der Waals surface area contributed by atoms with Gasteiger partial charge in [0, 0.05) is 5.57 Å². The highest BCUT2D eigenvalue weighted by atomic mass is 16.6. The average Bonchev–Trinajstić information content (AvgIpc) is 2.78. The zero-order valence-corrected chi connectivity index (χ0v) is 28.8. The average molecular weight is 579 g/mol. The van der Waals surface area contributed by atoms with Gasteiger partial charge in [-0.1, -0.05) is 66.5 Å². The lowest BCUT2D eigenvalue weighted by atomic mass is 9.84. The van der Waals surface area contributed by atoms with E-state index in [0.717, 1.165) is 17.9 Å². The predicted molar refractivity (Wildman–Crippen MR) is 168 cm³/mol. The first-order valence-electron chi connectivity index (χ1n) is 15.7. The summed E-state index contributed by atoms with van der Waals surface area (Å²) < 4.78 is 16.6. The van der Waals surface area contributed by atoms with E-state index in [2.05, 4.69) is 40.7 Å². The van der Waals surface area contributed by atoms with Crippen LogP contribution in [0, 0.1) is 29.6 Å². The van der Waals surface area contributed by atoms with E-state index in [1.165, 1.54) is 19.3 Å². The van der Waals surface area contributed by atoms with Crippen LogP contribution < -0.4 is 0 Å². The smallest absolute Gasteiger partial charge is 0.347 e. The Balaban J connectivity index is 5.64. The van der Waals surface area contributed by atoms with E-state index in [4.69, 9.17) is 14.2 Å². The van der Waals surface area contributed by atoms with Gasteiger partial charge in [-0.2, -0.15) is 0 Å². The highest BCUT2D eigenvalue weighted by molar-refractivity contribution is 5.90. The summed E-state index contributed by atoms with van der Waals surface area (Å²) in [4.78, 5) is 38.6. The fourth-order valence-corrected chi connectivity index (χ4v) is 5.09.